The first-order chi connectivity index (χ1) is 19.8. The van der Waals surface area contributed by atoms with E-state index >= 15 is 0 Å². The number of fused-ring (bicyclic) bond motifs is 3. The molecule has 0 amide bonds. The maximum Gasteiger partial charge on any atom is 0.309 e. The van der Waals surface area contributed by atoms with Crippen LogP contribution >= 0.6 is 0 Å². The van der Waals surface area contributed by atoms with Crippen LogP contribution in [0.5, 0.6) is 5.75 Å². The van der Waals surface area contributed by atoms with Crippen molar-refractivity contribution in [3.8, 4) is 5.75 Å². The number of oxime groups is 1. The minimum absolute atomic E-state index is 0.404. The van der Waals surface area contributed by atoms with Crippen molar-refractivity contribution in [2.45, 2.75) is 70.3 Å². The third-order valence-electron chi connectivity index (χ3n) is 9.16. The van der Waals surface area contributed by atoms with Gasteiger partial charge < -0.3 is 19.8 Å². The number of nitrogens with zero attached hydrogens (tertiary/aromatic N) is 1. The molecule has 2 N–H and O–H groups in total. The second kappa shape index (κ2) is 12.5. The summed E-state index contributed by atoms with van der Waals surface area (Å²) in [6, 6.07) is 26.5. The van der Waals surface area contributed by atoms with Crippen molar-refractivity contribution in [1.82, 2.24) is 0 Å². The van der Waals surface area contributed by atoms with Gasteiger partial charge in [0.1, 0.15) is 24.2 Å². The second-order valence-corrected chi connectivity index (χ2v) is 12.0. The van der Waals surface area contributed by atoms with E-state index in [4.69, 9.17) is 9.57 Å². The Bertz CT molecular complexity index is 1360. The first-order valence-corrected chi connectivity index (χ1v) is 14.8. The molecule has 6 heteroatoms. The van der Waals surface area contributed by atoms with Crippen LogP contribution in [0.4, 0.5) is 0 Å². The molecule has 0 radical (unpaired) electrons. The molecule has 3 aromatic rings. The van der Waals surface area contributed by atoms with Gasteiger partial charge >= 0.3 is 5.97 Å². The average molecular weight is 556 g/mol. The van der Waals surface area contributed by atoms with Crippen LogP contribution in [0.1, 0.15) is 68.2 Å². The summed E-state index contributed by atoms with van der Waals surface area (Å²) in [5.74, 6) is -0.681. The summed E-state index contributed by atoms with van der Waals surface area (Å²) >= 11 is 0. The van der Waals surface area contributed by atoms with Crippen LogP contribution in [0.25, 0.3) is 0 Å². The molecule has 0 aromatic heterocycles. The minimum atomic E-state index is -1.09. The van der Waals surface area contributed by atoms with Gasteiger partial charge in [-0.15, -0.1) is 0 Å². The van der Waals surface area contributed by atoms with Crippen LogP contribution in [0.3, 0.4) is 0 Å². The normalized spacial score (nSPS) is 26.2. The largest absolute Gasteiger partial charge is 0.494 e. The van der Waals surface area contributed by atoms with E-state index in [2.05, 4.69) is 36.3 Å². The van der Waals surface area contributed by atoms with Gasteiger partial charge in [-0.05, 0) is 80.3 Å². The van der Waals surface area contributed by atoms with E-state index in [1.165, 1.54) is 11.1 Å². The van der Waals surface area contributed by atoms with Crippen LogP contribution in [0.15, 0.2) is 84.0 Å². The number of carboxylic acid groups (broad SMARTS) is 1. The van der Waals surface area contributed by atoms with Crippen molar-refractivity contribution in [2.75, 3.05) is 13.2 Å². The molecular weight excluding hydrogens is 514 g/mol. The fraction of sp³-hybridized carbons (Fsp3) is 0.429. The first-order valence-electron chi connectivity index (χ1n) is 14.8. The molecule has 1 fully saturated rings. The molecule has 0 heterocycles. The summed E-state index contributed by atoms with van der Waals surface area (Å²) < 4.78 is 6.19. The average Bonchev–Trinajstić information content (AvgIpc) is 2.98. The van der Waals surface area contributed by atoms with Crippen LogP contribution in [0, 0.1) is 11.3 Å². The topological polar surface area (TPSA) is 88.4 Å². The Morgan fingerprint density at radius 1 is 0.902 bits per heavy atom. The zero-order chi connectivity index (χ0) is 28.9. The Morgan fingerprint density at radius 2 is 1.54 bits per heavy atom. The van der Waals surface area contributed by atoms with Crippen molar-refractivity contribution in [3.63, 3.8) is 0 Å². The van der Waals surface area contributed by atoms with E-state index in [0.29, 0.717) is 25.3 Å². The third kappa shape index (κ3) is 6.03. The molecule has 4 atom stereocenters. The molecule has 3 aromatic carbocycles. The number of aliphatic hydroxyl groups is 1. The quantitative estimate of drug-likeness (QED) is 0.206. The van der Waals surface area contributed by atoms with Crippen molar-refractivity contribution < 1.29 is 24.6 Å². The predicted octanol–water partition coefficient (Wildman–Crippen LogP) is 6.57. The number of rotatable bonds is 11. The molecule has 41 heavy (non-hydrogen) atoms. The Kier molecular flexibility index (Phi) is 8.79. The molecule has 0 aliphatic heterocycles. The molecule has 0 saturated heterocycles. The number of aliphatic hydroxyl groups excluding tert-OH is 1. The number of aliphatic carboxylic acids is 1. The maximum atomic E-state index is 12.6. The number of benzene rings is 3. The first kappa shape index (κ1) is 28.9. The van der Waals surface area contributed by atoms with Gasteiger partial charge in [0, 0.05) is 16.9 Å². The van der Waals surface area contributed by atoms with Gasteiger partial charge in [0.2, 0.25) is 0 Å². The SMILES string of the molecule is C[C@]1(C(=O)O)CCC[C@]2(C)c3cc(OCCCc4ccccc4)ccc3/C(=N/OCCCc3ccccc3)C(O)[C@@H]12. The van der Waals surface area contributed by atoms with Gasteiger partial charge in [0.05, 0.1) is 12.0 Å². The lowest BCUT2D eigenvalue weighted by Gasteiger charge is -2.55. The standard InChI is InChI=1S/C35H41NO5/c1-34-20-11-21-35(2,33(38)39)32(34)31(37)30(36-41-23-10-17-26-14-7-4-8-15-26)28-19-18-27(24-29(28)34)40-22-9-16-25-12-5-3-6-13-25/h3-8,12-15,18-19,24,31-32,37H,9-11,16-17,20-23H2,1-2H3,(H,38,39)/b36-30-/t31?,32-,34-,35+/m1/s1. The van der Waals surface area contributed by atoms with Crippen molar-refractivity contribution >= 4 is 11.7 Å². The summed E-state index contributed by atoms with van der Waals surface area (Å²) in [5.41, 5.74) is 3.08. The molecule has 216 valence electrons. The number of carbonyl (C=O) groups is 1. The Hall–Kier alpha value is -3.64. The van der Waals surface area contributed by atoms with Gasteiger partial charge in [-0.3, -0.25) is 4.79 Å². The van der Waals surface area contributed by atoms with E-state index in [9.17, 15) is 15.0 Å². The van der Waals surface area contributed by atoms with Gasteiger partial charge in [-0.2, -0.15) is 0 Å². The van der Waals surface area contributed by atoms with E-state index in [1.807, 2.05) is 54.6 Å². The van der Waals surface area contributed by atoms with E-state index in [-0.39, 0.29) is 0 Å². The van der Waals surface area contributed by atoms with Crippen molar-refractivity contribution in [3.05, 3.63) is 101 Å². The fourth-order valence-electron chi connectivity index (χ4n) is 7.02. The highest BCUT2D eigenvalue weighted by molar-refractivity contribution is 6.07. The molecule has 2 aliphatic rings. The number of aryl methyl sites for hydroxylation is 2. The van der Waals surface area contributed by atoms with Crippen molar-refractivity contribution in [1.29, 1.82) is 0 Å². The summed E-state index contributed by atoms with van der Waals surface area (Å²) in [5, 5.41) is 26.5. The zero-order valence-corrected chi connectivity index (χ0v) is 24.1. The summed E-state index contributed by atoms with van der Waals surface area (Å²) in [7, 11) is 0. The summed E-state index contributed by atoms with van der Waals surface area (Å²) in [6.07, 6.45) is 4.49. The predicted molar refractivity (Wildman–Crippen MR) is 160 cm³/mol. The number of hydrogen-bond donors (Lipinski definition) is 2. The molecule has 1 saturated carbocycles. The Morgan fingerprint density at radius 3 is 2.17 bits per heavy atom. The number of hydrogen-bond acceptors (Lipinski definition) is 5. The van der Waals surface area contributed by atoms with E-state index in [1.54, 1.807) is 6.92 Å². The monoisotopic (exact) mass is 555 g/mol. The minimum Gasteiger partial charge on any atom is -0.494 e. The fourth-order valence-corrected chi connectivity index (χ4v) is 7.02. The second-order valence-electron chi connectivity index (χ2n) is 12.0. The highest BCUT2D eigenvalue weighted by Crippen LogP contribution is 2.57. The maximum absolute atomic E-state index is 12.6. The van der Waals surface area contributed by atoms with Gasteiger partial charge in [-0.25, -0.2) is 0 Å². The molecule has 2 aliphatic carbocycles. The number of carboxylic acids is 1. The third-order valence-corrected chi connectivity index (χ3v) is 9.16. The lowest BCUT2D eigenvalue weighted by atomic mass is 9.48. The molecule has 6 nitrogen and oxygen atoms in total. The van der Waals surface area contributed by atoms with Gasteiger partial charge in [0.25, 0.3) is 0 Å². The molecule has 0 bridgehead atoms. The Labute approximate surface area is 243 Å². The van der Waals surface area contributed by atoms with Gasteiger partial charge in [0.15, 0.2) is 0 Å². The molecule has 0 spiro atoms. The summed E-state index contributed by atoms with van der Waals surface area (Å²) in [6.45, 7) is 4.85. The number of ether oxygens (including phenoxy) is 1. The van der Waals surface area contributed by atoms with Gasteiger partial charge in [-0.1, -0.05) is 79.2 Å². The van der Waals surface area contributed by atoms with Crippen molar-refractivity contribution in [2.24, 2.45) is 16.5 Å². The summed E-state index contributed by atoms with van der Waals surface area (Å²) in [4.78, 5) is 18.4. The van der Waals surface area contributed by atoms with Crippen LogP contribution < -0.4 is 4.74 Å². The highest BCUT2D eigenvalue weighted by atomic mass is 16.6. The molecule has 5 rings (SSSR count). The van der Waals surface area contributed by atoms with E-state index in [0.717, 1.165) is 55.4 Å². The highest BCUT2D eigenvalue weighted by Gasteiger charge is 2.60. The smallest absolute Gasteiger partial charge is 0.309 e. The Balaban J connectivity index is 1.38. The molecule has 1 unspecified atom stereocenters. The zero-order valence-electron chi connectivity index (χ0n) is 24.1. The molecular formula is C35H41NO5. The van der Waals surface area contributed by atoms with E-state index < -0.39 is 28.8 Å². The lowest BCUT2D eigenvalue weighted by Crippen LogP contribution is -2.60. The van der Waals surface area contributed by atoms with Crippen LogP contribution in [-0.2, 0) is 27.9 Å². The lowest BCUT2D eigenvalue weighted by molar-refractivity contribution is -0.160. The van der Waals surface area contributed by atoms with Crippen LogP contribution in [-0.4, -0.2) is 41.2 Å². The van der Waals surface area contributed by atoms with Crippen LogP contribution in [0.2, 0.25) is 0 Å².